The highest BCUT2D eigenvalue weighted by atomic mass is 16.3. The van der Waals surface area contributed by atoms with Gasteiger partial charge in [-0.05, 0) is 19.9 Å². The lowest BCUT2D eigenvalue weighted by Gasteiger charge is -2.28. The van der Waals surface area contributed by atoms with E-state index in [2.05, 4.69) is 11.9 Å². The molecule has 0 aliphatic carbocycles. The predicted molar refractivity (Wildman–Crippen MR) is 41.8 cm³/mol. The van der Waals surface area contributed by atoms with Gasteiger partial charge in [0.1, 0.15) is 0 Å². The first-order valence-electron chi connectivity index (χ1n) is 3.76. The van der Waals surface area contributed by atoms with Crippen LogP contribution >= 0.6 is 0 Å². The molecule has 0 amide bonds. The van der Waals surface area contributed by atoms with Crippen molar-refractivity contribution in [3.8, 4) is 0 Å². The lowest BCUT2D eigenvalue weighted by molar-refractivity contribution is 0.0963. The Hall–Kier alpha value is -0.340. The highest BCUT2D eigenvalue weighted by Gasteiger charge is 2.22. The maximum atomic E-state index is 9.44. The zero-order valence-electron chi connectivity index (χ0n) is 6.43. The Kier molecular flexibility index (Phi) is 2.46. The van der Waals surface area contributed by atoms with Crippen LogP contribution in [0.4, 0.5) is 0 Å². The summed E-state index contributed by atoms with van der Waals surface area (Å²) < 4.78 is 0. The molecule has 0 aromatic heterocycles. The van der Waals surface area contributed by atoms with Crippen molar-refractivity contribution in [1.82, 2.24) is 5.32 Å². The number of nitrogens with one attached hydrogen (secondary N) is 1. The smallest absolute Gasteiger partial charge is 0.0629 e. The van der Waals surface area contributed by atoms with Crippen LogP contribution < -0.4 is 5.32 Å². The van der Waals surface area contributed by atoms with Crippen LogP contribution in [0.2, 0.25) is 0 Å². The fraction of sp³-hybridized carbons (Fsp3) is 0.750. The van der Waals surface area contributed by atoms with E-state index in [0.29, 0.717) is 0 Å². The third-order valence-corrected chi connectivity index (χ3v) is 2.08. The van der Waals surface area contributed by atoms with Gasteiger partial charge in [0.15, 0.2) is 0 Å². The summed E-state index contributed by atoms with van der Waals surface area (Å²) in [6, 6.07) is 0. The van der Waals surface area contributed by atoms with Gasteiger partial charge in [-0.25, -0.2) is 0 Å². The maximum Gasteiger partial charge on any atom is 0.0629 e. The van der Waals surface area contributed by atoms with Crippen molar-refractivity contribution in [2.45, 2.75) is 19.4 Å². The second-order valence-corrected chi connectivity index (χ2v) is 3.01. The first-order valence-corrected chi connectivity index (χ1v) is 3.76. The molecule has 1 saturated heterocycles. The molecule has 0 radical (unpaired) electrons. The lowest BCUT2D eigenvalue weighted by atomic mass is 9.91. The fourth-order valence-electron chi connectivity index (χ4n) is 1.35. The van der Waals surface area contributed by atoms with Gasteiger partial charge in [0.05, 0.1) is 6.10 Å². The quantitative estimate of drug-likeness (QED) is 0.522. The van der Waals surface area contributed by atoms with E-state index < -0.39 is 0 Å². The molecule has 1 aliphatic rings. The van der Waals surface area contributed by atoms with Gasteiger partial charge >= 0.3 is 0 Å². The molecule has 0 spiro atoms. The first kappa shape index (κ1) is 7.76. The summed E-state index contributed by atoms with van der Waals surface area (Å²) >= 11 is 0. The average molecular weight is 141 g/mol. The number of aliphatic hydroxyl groups excluding tert-OH is 1. The molecule has 2 nitrogen and oxygen atoms in total. The van der Waals surface area contributed by atoms with Crippen molar-refractivity contribution < 1.29 is 5.11 Å². The topological polar surface area (TPSA) is 32.3 Å². The van der Waals surface area contributed by atoms with E-state index in [-0.39, 0.29) is 12.0 Å². The van der Waals surface area contributed by atoms with Crippen molar-refractivity contribution >= 4 is 0 Å². The van der Waals surface area contributed by atoms with Crippen LogP contribution in [-0.2, 0) is 0 Å². The molecule has 0 aromatic carbocycles. The zero-order valence-corrected chi connectivity index (χ0v) is 6.43. The first-order chi connectivity index (χ1) is 4.72. The number of piperidine rings is 1. The summed E-state index contributed by atoms with van der Waals surface area (Å²) in [7, 11) is 0. The molecule has 1 aliphatic heterocycles. The average Bonchev–Trinajstić information content (AvgIpc) is 1.88. The minimum atomic E-state index is -0.168. The van der Waals surface area contributed by atoms with Crippen LogP contribution in [0.3, 0.4) is 0 Å². The van der Waals surface area contributed by atoms with Gasteiger partial charge in [-0.3, -0.25) is 0 Å². The summed E-state index contributed by atoms with van der Waals surface area (Å²) in [6.07, 6.45) is 0.691. The Morgan fingerprint density at radius 2 is 2.40 bits per heavy atom. The molecular weight excluding hydrogens is 126 g/mol. The Bertz CT molecular complexity index is 133. The fourth-order valence-corrected chi connectivity index (χ4v) is 1.35. The summed E-state index contributed by atoms with van der Waals surface area (Å²) in [6.45, 7) is 7.62. The number of aliphatic hydroxyl groups is 1. The van der Waals surface area contributed by atoms with E-state index in [1.54, 1.807) is 0 Å². The summed E-state index contributed by atoms with van der Waals surface area (Å²) in [5.41, 5.74) is 1.08. The summed E-state index contributed by atoms with van der Waals surface area (Å²) in [5, 5.41) is 12.7. The Balaban J connectivity index is 2.47. The molecule has 0 unspecified atom stereocenters. The van der Waals surface area contributed by atoms with Gasteiger partial charge in [-0.15, -0.1) is 0 Å². The molecule has 0 saturated carbocycles. The Labute approximate surface area is 61.9 Å². The monoisotopic (exact) mass is 141 g/mol. The van der Waals surface area contributed by atoms with Crippen molar-refractivity contribution in [3.63, 3.8) is 0 Å². The lowest BCUT2D eigenvalue weighted by Crippen LogP contribution is -2.40. The van der Waals surface area contributed by atoms with Gasteiger partial charge in [0, 0.05) is 12.5 Å². The third-order valence-electron chi connectivity index (χ3n) is 2.08. The van der Waals surface area contributed by atoms with Gasteiger partial charge in [0.25, 0.3) is 0 Å². The van der Waals surface area contributed by atoms with Crippen LogP contribution in [-0.4, -0.2) is 24.3 Å². The molecule has 0 aromatic rings. The Morgan fingerprint density at radius 3 is 2.80 bits per heavy atom. The second-order valence-electron chi connectivity index (χ2n) is 3.01. The van der Waals surface area contributed by atoms with Crippen molar-refractivity contribution in [3.05, 3.63) is 12.2 Å². The SMILES string of the molecule is C=C(C)[C@@H]1CNCC[C@H]1O. The van der Waals surface area contributed by atoms with Crippen molar-refractivity contribution in [1.29, 1.82) is 0 Å². The molecule has 1 rings (SSSR count). The van der Waals surface area contributed by atoms with Crippen molar-refractivity contribution in [2.24, 2.45) is 5.92 Å². The summed E-state index contributed by atoms with van der Waals surface area (Å²) in [4.78, 5) is 0. The molecule has 2 N–H and O–H groups in total. The van der Waals surface area contributed by atoms with E-state index in [1.165, 1.54) is 0 Å². The predicted octanol–water partition coefficient (Wildman–Crippen LogP) is 0.533. The molecular formula is C8H15NO. The molecule has 1 heterocycles. The largest absolute Gasteiger partial charge is 0.392 e. The molecule has 58 valence electrons. The van der Waals surface area contributed by atoms with Gasteiger partial charge < -0.3 is 10.4 Å². The van der Waals surface area contributed by atoms with E-state index in [1.807, 2.05) is 6.92 Å². The highest BCUT2D eigenvalue weighted by Crippen LogP contribution is 2.17. The normalized spacial score (nSPS) is 33.8. The highest BCUT2D eigenvalue weighted by molar-refractivity contribution is 5.02. The molecule has 10 heavy (non-hydrogen) atoms. The minimum Gasteiger partial charge on any atom is -0.392 e. The van der Waals surface area contributed by atoms with Gasteiger partial charge in [0.2, 0.25) is 0 Å². The number of hydrogen-bond donors (Lipinski definition) is 2. The van der Waals surface area contributed by atoms with E-state index in [9.17, 15) is 5.11 Å². The number of hydrogen-bond acceptors (Lipinski definition) is 2. The van der Waals surface area contributed by atoms with E-state index >= 15 is 0 Å². The maximum absolute atomic E-state index is 9.44. The van der Waals surface area contributed by atoms with E-state index in [4.69, 9.17) is 0 Å². The molecule has 2 atom stereocenters. The van der Waals surface area contributed by atoms with E-state index in [0.717, 1.165) is 25.1 Å². The van der Waals surface area contributed by atoms with Crippen LogP contribution in [0.1, 0.15) is 13.3 Å². The van der Waals surface area contributed by atoms with Gasteiger partial charge in [-0.2, -0.15) is 0 Å². The second kappa shape index (κ2) is 3.17. The van der Waals surface area contributed by atoms with Gasteiger partial charge in [-0.1, -0.05) is 12.2 Å². The summed E-state index contributed by atoms with van der Waals surface area (Å²) in [5.74, 6) is 0.272. The van der Waals surface area contributed by atoms with Crippen LogP contribution in [0.25, 0.3) is 0 Å². The number of rotatable bonds is 1. The third kappa shape index (κ3) is 1.58. The molecule has 2 heteroatoms. The zero-order chi connectivity index (χ0) is 7.56. The van der Waals surface area contributed by atoms with Crippen LogP contribution in [0.15, 0.2) is 12.2 Å². The molecule has 1 fully saturated rings. The van der Waals surface area contributed by atoms with Crippen LogP contribution in [0, 0.1) is 5.92 Å². The Morgan fingerprint density at radius 1 is 1.70 bits per heavy atom. The van der Waals surface area contributed by atoms with Crippen LogP contribution in [0.5, 0.6) is 0 Å². The standard InChI is InChI=1S/C8H15NO/c1-6(2)7-5-9-4-3-8(7)10/h7-10H,1,3-5H2,2H3/t7-,8+/m0/s1. The minimum absolute atomic E-state index is 0.168. The van der Waals surface area contributed by atoms with Crippen molar-refractivity contribution in [2.75, 3.05) is 13.1 Å². The molecule has 0 bridgehead atoms.